The van der Waals surface area contributed by atoms with Crippen LogP contribution in [0.25, 0.3) is 0 Å². The third kappa shape index (κ3) is 4.58. The van der Waals surface area contributed by atoms with Gasteiger partial charge in [0.05, 0.1) is 35.8 Å². The van der Waals surface area contributed by atoms with E-state index in [1.165, 1.54) is 0 Å². The topological polar surface area (TPSA) is 87.1 Å². The second kappa shape index (κ2) is 11.1. The molecule has 0 saturated carbocycles. The van der Waals surface area contributed by atoms with E-state index in [0.717, 1.165) is 0 Å². The molecule has 206 valence electrons. The van der Waals surface area contributed by atoms with Crippen molar-refractivity contribution >= 4 is 46.8 Å². The predicted molar refractivity (Wildman–Crippen MR) is 151 cm³/mol. The Balaban J connectivity index is 1.82. The van der Waals surface area contributed by atoms with Crippen LogP contribution in [-0.4, -0.2) is 69.1 Å². The van der Waals surface area contributed by atoms with Crippen molar-refractivity contribution in [3.8, 4) is 0 Å². The maximum Gasteiger partial charge on any atom is 0.311 e. The minimum atomic E-state index is -0.854. The number of anilines is 1. The lowest BCUT2D eigenvalue weighted by Gasteiger charge is -2.40. The van der Waals surface area contributed by atoms with Crippen LogP contribution in [0, 0.1) is 17.8 Å². The molecule has 3 fully saturated rings. The van der Waals surface area contributed by atoms with Crippen LogP contribution in [-0.2, 0) is 19.1 Å². The number of likely N-dealkylation sites (tertiary alicyclic amines) is 1. The summed E-state index contributed by atoms with van der Waals surface area (Å²) in [4.78, 5) is 45.5. The van der Waals surface area contributed by atoms with E-state index < -0.39 is 39.4 Å². The van der Waals surface area contributed by atoms with Gasteiger partial charge in [-0.05, 0) is 56.4 Å². The van der Waals surface area contributed by atoms with Crippen molar-refractivity contribution in [2.75, 3.05) is 24.7 Å². The first-order valence-electron chi connectivity index (χ1n) is 13.1. The summed E-state index contributed by atoms with van der Waals surface area (Å²) in [6, 6.07) is 5.55. The molecule has 7 nitrogen and oxygen atoms in total. The Morgan fingerprint density at radius 2 is 1.95 bits per heavy atom. The monoisotopic (exact) mass is 560 g/mol. The number of rotatable bonds is 11. The average molecular weight is 561 g/mol. The Bertz CT molecular complexity index is 1110. The van der Waals surface area contributed by atoms with Crippen LogP contribution < -0.4 is 4.90 Å². The van der Waals surface area contributed by atoms with Gasteiger partial charge in [0, 0.05) is 22.0 Å². The van der Waals surface area contributed by atoms with Crippen molar-refractivity contribution in [3.63, 3.8) is 0 Å². The summed E-state index contributed by atoms with van der Waals surface area (Å²) in [5, 5.41) is 11.0. The number of benzene rings is 1. The maximum absolute atomic E-state index is 14.6. The maximum atomic E-state index is 14.6. The number of carbonyl (C=O) groups excluding carboxylic acids is 3. The van der Waals surface area contributed by atoms with E-state index in [0.29, 0.717) is 30.0 Å². The van der Waals surface area contributed by atoms with E-state index in [1.807, 2.05) is 20.8 Å². The first kappa shape index (κ1) is 28.7. The molecule has 0 radical (unpaired) electrons. The lowest BCUT2D eigenvalue weighted by atomic mass is 9.66. The molecule has 3 heterocycles. The number of aliphatic hydroxyl groups excluding tert-OH is 1. The number of thioether (sulfide) groups is 1. The van der Waals surface area contributed by atoms with Gasteiger partial charge in [-0.15, -0.1) is 24.9 Å². The van der Waals surface area contributed by atoms with E-state index in [9.17, 15) is 19.5 Å². The molecule has 1 aromatic carbocycles. The smallest absolute Gasteiger partial charge is 0.311 e. The molecule has 3 saturated heterocycles. The van der Waals surface area contributed by atoms with Gasteiger partial charge in [-0.3, -0.25) is 14.4 Å². The Hall–Kier alpha value is -2.29. The number of carbonyl (C=O) groups is 3. The van der Waals surface area contributed by atoms with Gasteiger partial charge in [0.2, 0.25) is 5.91 Å². The normalized spacial score (nSPS) is 30.3. The van der Waals surface area contributed by atoms with Crippen molar-refractivity contribution in [3.05, 3.63) is 54.6 Å². The second-order valence-electron chi connectivity index (χ2n) is 10.9. The van der Waals surface area contributed by atoms with E-state index in [1.54, 1.807) is 58.0 Å². The molecular weight excluding hydrogens is 524 g/mol. The molecule has 4 rings (SSSR count). The zero-order valence-corrected chi connectivity index (χ0v) is 23.8. The summed E-state index contributed by atoms with van der Waals surface area (Å²) in [5.74, 6) is -2.39. The zero-order chi connectivity index (χ0) is 27.8. The van der Waals surface area contributed by atoms with Crippen LogP contribution in [0.3, 0.4) is 0 Å². The molecule has 0 aliphatic carbocycles. The van der Waals surface area contributed by atoms with Crippen molar-refractivity contribution in [2.24, 2.45) is 17.8 Å². The fraction of sp³-hybridized carbons (Fsp3) is 0.552. The molecule has 9 heteroatoms. The number of esters is 1. The quantitative estimate of drug-likeness (QED) is 0.244. The van der Waals surface area contributed by atoms with Crippen LogP contribution in [0.5, 0.6) is 0 Å². The van der Waals surface area contributed by atoms with E-state index in [-0.39, 0.29) is 37.5 Å². The summed E-state index contributed by atoms with van der Waals surface area (Å²) in [6.07, 6.45) is 5.16. The fourth-order valence-electron chi connectivity index (χ4n) is 6.53. The summed E-state index contributed by atoms with van der Waals surface area (Å²) in [5.41, 5.74) is 0.640. The molecule has 2 bridgehead atoms. The zero-order valence-electron chi connectivity index (χ0n) is 22.3. The third-order valence-electron chi connectivity index (χ3n) is 8.30. The van der Waals surface area contributed by atoms with Crippen LogP contribution in [0.15, 0.2) is 49.6 Å². The minimum absolute atomic E-state index is 0.103. The fourth-order valence-corrected chi connectivity index (χ4v) is 8.98. The minimum Gasteiger partial charge on any atom is -0.465 e. The number of aliphatic hydroxyl groups is 1. The highest BCUT2D eigenvalue weighted by molar-refractivity contribution is 8.02. The lowest BCUT2D eigenvalue weighted by molar-refractivity contribution is -0.156. The number of nitrogens with zero attached hydrogens (tertiary/aromatic N) is 2. The van der Waals surface area contributed by atoms with Crippen LogP contribution >= 0.6 is 23.4 Å². The summed E-state index contributed by atoms with van der Waals surface area (Å²) >= 11 is 7.69. The molecule has 6 atom stereocenters. The average Bonchev–Trinajstić information content (AvgIpc) is 3.44. The standard InChI is InChI=1S/C29H37ClN2O5S/c1-6-8-16-37-27(36)23-22-25(34)32(21(17-33)18(3)4)24(29(22)14-13-28(23,5)38-29)26(35)31(15-7-2)20-11-9-19(30)10-12-20/h6-7,9-12,18,21-24,33H,1-2,8,13-17H2,3-5H3/t21-,22-,23-,24?,28+,29?/m0/s1. The Morgan fingerprint density at radius 3 is 2.53 bits per heavy atom. The van der Waals surface area contributed by atoms with Crippen LogP contribution in [0.2, 0.25) is 5.02 Å². The molecule has 1 aromatic rings. The second-order valence-corrected chi connectivity index (χ2v) is 13.3. The number of ether oxygens (including phenoxy) is 1. The van der Waals surface area contributed by atoms with Crippen molar-refractivity contribution in [1.29, 1.82) is 0 Å². The largest absolute Gasteiger partial charge is 0.465 e. The van der Waals surface area contributed by atoms with Gasteiger partial charge in [-0.25, -0.2) is 0 Å². The number of amides is 2. The predicted octanol–water partition coefficient (Wildman–Crippen LogP) is 4.48. The van der Waals surface area contributed by atoms with Gasteiger partial charge >= 0.3 is 5.97 Å². The van der Waals surface area contributed by atoms with Crippen molar-refractivity contribution < 1.29 is 24.2 Å². The summed E-state index contributed by atoms with van der Waals surface area (Å²) < 4.78 is 4.28. The SMILES string of the molecule is C=CCCOC(=O)[C@@H]1[C@H]2C(=O)N([C@@H](CO)C(C)C)C(C(=O)N(CC=C)c3ccc(Cl)cc3)C23CC[C@@]1(C)S3. The van der Waals surface area contributed by atoms with Crippen LogP contribution in [0.1, 0.15) is 40.0 Å². The Morgan fingerprint density at radius 1 is 1.26 bits per heavy atom. The molecule has 1 spiro atoms. The first-order valence-corrected chi connectivity index (χ1v) is 14.3. The number of halogens is 1. The van der Waals surface area contributed by atoms with Gasteiger partial charge in [-0.1, -0.05) is 37.6 Å². The van der Waals surface area contributed by atoms with Gasteiger partial charge in [-0.2, -0.15) is 0 Å². The Labute approximate surface area is 234 Å². The molecule has 2 unspecified atom stereocenters. The van der Waals surface area contributed by atoms with E-state index in [4.69, 9.17) is 16.3 Å². The molecular formula is C29H37ClN2O5S. The lowest BCUT2D eigenvalue weighted by Crippen LogP contribution is -2.58. The number of fused-ring (bicyclic) bond motifs is 1. The van der Waals surface area contributed by atoms with Gasteiger partial charge < -0.3 is 19.6 Å². The highest BCUT2D eigenvalue weighted by Crippen LogP contribution is 2.72. The molecule has 1 N–H and O–H groups in total. The van der Waals surface area contributed by atoms with Gasteiger partial charge in [0.1, 0.15) is 6.04 Å². The number of hydrogen-bond donors (Lipinski definition) is 1. The van der Waals surface area contributed by atoms with Gasteiger partial charge in [0.15, 0.2) is 0 Å². The Kier molecular flexibility index (Phi) is 8.36. The number of hydrogen-bond acceptors (Lipinski definition) is 6. The van der Waals surface area contributed by atoms with Gasteiger partial charge in [0.25, 0.3) is 5.91 Å². The van der Waals surface area contributed by atoms with Crippen LogP contribution in [0.4, 0.5) is 5.69 Å². The third-order valence-corrected chi connectivity index (χ3v) is 10.5. The van der Waals surface area contributed by atoms with Crippen molar-refractivity contribution in [2.45, 2.75) is 61.6 Å². The first-order chi connectivity index (χ1) is 18.1. The van der Waals surface area contributed by atoms with E-state index >= 15 is 0 Å². The molecule has 0 aromatic heterocycles. The molecule has 3 aliphatic heterocycles. The van der Waals surface area contributed by atoms with Crippen molar-refractivity contribution in [1.82, 2.24) is 4.90 Å². The molecule has 3 aliphatic rings. The highest BCUT2D eigenvalue weighted by atomic mass is 35.5. The molecule has 2 amide bonds. The highest BCUT2D eigenvalue weighted by Gasteiger charge is 2.78. The van der Waals surface area contributed by atoms with E-state index in [2.05, 4.69) is 13.2 Å². The summed E-state index contributed by atoms with van der Waals surface area (Å²) in [6.45, 7) is 13.5. The summed E-state index contributed by atoms with van der Waals surface area (Å²) in [7, 11) is 0. The molecule has 38 heavy (non-hydrogen) atoms.